The van der Waals surface area contributed by atoms with Crippen molar-refractivity contribution in [1.82, 2.24) is 4.90 Å². The van der Waals surface area contributed by atoms with E-state index in [0.717, 1.165) is 37.8 Å². The summed E-state index contributed by atoms with van der Waals surface area (Å²) in [6.07, 6.45) is 4.02. The molecule has 1 aliphatic rings. The van der Waals surface area contributed by atoms with Crippen LogP contribution in [0.1, 0.15) is 49.0 Å². The van der Waals surface area contributed by atoms with Crippen LogP contribution in [0.2, 0.25) is 0 Å². The number of benzene rings is 1. The van der Waals surface area contributed by atoms with E-state index < -0.39 is 0 Å². The fourth-order valence-electron chi connectivity index (χ4n) is 2.78. The Morgan fingerprint density at radius 2 is 2.05 bits per heavy atom. The number of hydrogen-bond donors (Lipinski definition) is 1. The van der Waals surface area contributed by atoms with Crippen molar-refractivity contribution in [3.8, 4) is 0 Å². The number of carbonyl (C=O) groups is 1. The summed E-state index contributed by atoms with van der Waals surface area (Å²) in [6.45, 7) is 5.03. The Bertz CT molecular complexity index is 427. The molecule has 1 saturated heterocycles. The van der Waals surface area contributed by atoms with E-state index in [-0.39, 0.29) is 18.0 Å². The van der Waals surface area contributed by atoms with Crippen molar-refractivity contribution in [3.05, 3.63) is 35.4 Å². The zero-order valence-corrected chi connectivity index (χ0v) is 11.9. The molecule has 2 unspecified atom stereocenters. The average Bonchev–Trinajstić information content (AvgIpc) is 2.39. The van der Waals surface area contributed by atoms with Gasteiger partial charge in [-0.25, -0.2) is 0 Å². The molecule has 2 atom stereocenters. The predicted molar refractivity (Wildman–Crippen MR) is 78.1 cm³/mol. The Balaban J connectivity index is 2.06. The number of carbonyl (C=O) groups excluding carboxylic acids is 1. The molecule has 104 valence electrons. The Morgan fingerprint density at radius 1 is 1.37 bits per heavy atom. The molecule has 2 rings (SSSR count). The maximum Gasteiger partial charge on any atom is 0.254 e. The van der Waals surface area contributed by atoms with Crippen LogP contribution in [0.3, 0.4) is 0 Å². The summed E-state index contributed by atoms with van der Waals surface area (Å²) in [5.41, 5.74) is 8.03. The normalized spacial score (nSPS) is 23.4. The van der Waals surface area contributed by atoms with Gasteiger partial charge in [-0.1, -0.05) is 25.5 Å². The summed E-state index contributed by atoms with van der Waals surface area (Å²) >= 11 is 0. The highest BCUT2D eigenvalue weighted by Gasteiger charge is 2.27. The van der Waals surface area contributed by atoms with E-state index >= 15 is 0 Å². The molecule has 1 amide bonds. The van der Waals surface area contributed by atoms with Gasteiger partial charge in [-0.05, 0) is 43.9 Å². The summed E-state index contributed by atoms with van der Waals surface area (Å²) in [6, 6.07) is 8.52. The molecule has 0 radical (unpaired) electrons. The maximum absolute atomic E-state index is 12.5. The minimum atomic E-state index is 0.141. The molecular weight excluding hydrogens is 236 g/mol. The van der Waals surface area contributed by atoms with Crippen molar-refractivity contribution in [3.63, 3.8) is 0 Å². The summed E-state index contributed by atoms with van der Waals surface area (Å²) in [5.74, 6) is 0.141. The lowest BCUT2D eigenvalue weighted by molar-refractivity contribution is 0.0619. The second kappa shape index (κ2) is 6.20. The quantitative estimate of drug-likeness (QED) is 0.908. The Hall–Kier alpha value is -1.35. The Kier molecular flexibility index (Phi) is 4.59. The molecule has 0 bridgehead atoms. The first kappa shape index (κ1) is 14.1. The van der Waals surface area contributed by atoms with Gasteiger partial charge in [0.1, 0.15) is 0 Å². The molecule has 0 spiro atoms. The molecule has 1 aromatic carbocycles. The Morgan fingerprint density at radius 3 is 2.63 bits per heavy atom. The highest BCUT2D eigenvalue weighted by molar-refractivity contribution is 5.94. The lowest BCUT2D eigenvalue weighted by atomic mass is 9.98. The lowest BCUT2D eigenvalue weighted by Gasteiger charge is -2.36. The Labute approximate surface area is 115 Å². The highest BCUT2D eigenvalue weighted by atomic mass is 16.2. The van der Waals surface area contributed by atoms with Crippen LogP contribution in [0, 0.1) is 0 Å². The molecular formula is C16H24N2O. The third-order valence-corrected chi connectivity index (χ3v) is 3.92. The van der Waals surface area contributed by atoms with Crippen LogP contribution in [0.4, 0.5) is 0 Å². The van der Waals surface area contributed by atoms with Crippen molar-refractivity contribution in [2.24, 2.45) is 5.73 Å². The van der Waals surface area contributed by atoms with Gasteiger partial charge >= 0.3 is 0 Å². The molecule has 3 nitrogen and oxygen atoms in total. The van der Waals surface area contributed by atoms with Crippen molar-refractivity contribution in [1.29, 1.82) is 0 Å². The number of likely N-dealkylation sites (tertiary alicyclic amines) is 1. The van der Waals surface area contributed by atoms with Crippen LogP contribution in [0.25, 0.3) is 0 Å². The fourth-order valence-corrected chi connectivity index (χ4v) is 2.78. The third kappa shape index (κ3) is 3.35. The average molecular weight is 260 g/mol. The van der Waals surface area contributed by atoms with Gasteiger partial charge in [-0.15, -0.1) is 0 Å². The number of nitrogens with zero attached hydrogens (tertiary/aromatic N) is 1. The number of aryl methyl sites for hydroxylation is 1. The van der Waals surface area contributed by atoms with Crippen LogP contribution in [0.5, 0.6) is 0 Å². The van der Waals surface area contributed by atoms with Gasteiger partial charge in [0, 0.05) is 24.2 Å². The van der Waals surface area contributed by atoms with Crippen LogP contribution in [-0.2, 0) is 6.42 Å². The molecule has 2 N–H and O–H groups in total. The molecule has 19 heavy (non-hydrogen) atoms. The first-order valence-electron chi connectivity index (χ1n) is 7.27. The number of rotatable bonds is 3. The predicted octanol–water partition coefficient (Wildman–Crippen LogP) is 2.59. The zero-order chi connectivity index (χ0) is 13.8. The number of piperidine rings is 1. The number of nitrogens with two attached hydrogens (primary N) is 1. The van der Waals surface area contributed by atoms with Crippen molar-refractivity contribution < 1.29 is 4.79 Å². The third-order valence-electron chi connectivity index (χ3n) is 3.92. The summed E-state index contributed by atoms with van der Waals surface area (Å²) in [5, 5.41) is 0. The SMILES string of the molecule is CCCc1ccc(C(=O)N2CCC(N)CC2C)cc1. The molecule has 1 aromatic rings. The lowest BCUT2D eigenvalue weighted by Crippen LogP contribution is -2.48. The van der Waals surface area contributed by atoms with Crippen LogP contribution < -0.4 is 5.73 Å². The monoisotopic (exact) mass is 260 g/mol. The fraction of sp³-hybridized carbons (Fsp3) is 0.562. The van der Waals surface area contributed by atoms with Gasteiger partial charge in [0.15, 0.2) is 0 Å². The van der Waals surface area contributed by atoms with Gasteiger partial charge in [-0.2, -0.15) is 0 Å². The molecule has 0 aromatic heterocycles. The summed E-state index contributed by atoms with van der Waals surface area (Å²) in [7, 11) is 0. The molecule has 3 heteroatoms. The van der Waals surface area contributed by atoms with Crippen molar-refractivity contribution in [2.45, 2.75) is 51.6 Å². The maximum atomic E-state index is 12.5. The van der Waals surface area contributed by atoms with E-state index in [1.165, 1.54) is 5.56 Å². The van der Waals surface area contributed by atoms with Crippen LogP contribution >= 0.6 is 0 Å². The smallest absolute Gasteiger partial charge is 0.254 e. The van der Waals surface area contributed by atoms with Gasteiger partial charge < -0.3 is 10.6 Å². The van der Waals surface area contributed by atoms with Crippen LogP contribution in [0.15, 0.2) is 24.3 Å². The molecule has 0 saturated carbocycles. The largest absolute Gasteiger partial charge is 0.336 e. The van der Waals surface area contributed by atoms with Gasteiger partial charge in [0.25, 0.3) is 5.91 Å². The highest BCUT2D eigenvalue weighted by Crippen LogP contribution is 2.19. The first-order chi connectivity index (χ1) is 9.11. The van der Waals surface area contributed by atoms with E-state index in [4.69, 9.17) is 5.73 Å². The van der Waals surface area contributed by atoms with Gasteiger partial charge in [0.2, 0.25) is 0 Å². The van der Waals surface area contributed by atoms with E-state index in [2.05, 4.69) is 26.0 Å². The summed E-state index contributed by atoms with van der Waals surface area (Å²) in [4.78, 5) is 14.4. The molecule has 0 aliphatic carbocycles. The minimum Gasteiger partial charge on any atom is -0.336 e. The summed E-state index contributed by atoms with van der Waals surface area (Å²) < 4.78 is 0. The number of hydrogen-bond acceptors (Lipinski definition) is 2. The first-order valence-corrected chi connectivity index (χ1v) is 7.27. The zero-order valence-electron chi connectivity index (χ0n) is 11.9. The van der Waals surface area contributed by atoms with Crippen molar-refractivity contribution >= 4 is 5.91 Å². The second-order valence-corrected chi connectivity index (χ2v) is 5.58. The minimum absolute atomic E-state index is 0.141. The van der Waals surface area contributed by atoms with E-state index in [1.54, 1.807) is 0 Å². The van der Waals surface area contributed by atoms with E-state index in [0.29, 0.717) is 0 Å². The second-order valence-electron chi connectivity index (χ2n) is 5.58. The molecule has 1 aliphatic heterocycles. The molecule has 1 fully saturated rings. The van der Waals surface area contributed by atoms with E-state index in [1.807, 2.05) is 17.0 Å². The number of amides is 1. The molecule has 1 heterocycles. The topological polar surface area (TPSA) is 46.3 Å². The van der Waals surface area contributed by atoms with Gasteiger partial charge in [-0.3, -0.25) is 4.79 Å². The van der Waals surface area contributed by atoms with Gasteiger partial charge in [0.05, 0.1) is 0 Å². The van der Waals surface area contributed by atoms with E-state index in [9.17, 15) is 4.79 Å². The van der Waals surface area contributed by atoms with Crippen molar-refractivity contribution in [2.75, 3.05) is 6.54 Å². The standard InChI is InChI=1S/C16H24N2O/c1-3-4-13-5-7-14(8-6-13)16(19)18-10-9-15(17)11-12(18)2/h5-8,12,15H,3-4,9-11,17H2,1-2H3. The van der Waals surface area contributed by atoms with Crippen LogP contribution in [-0.4, -0.2) is 29.4 Å².